The van der Waals surface area contributed by atoms with Crippen molar-refractivity contribution in [3.05, 3.63) is 84.5 Å². The molecule has 0 radical (unpaired) electrons. The minimum Gasteiger partial charge on any atom is -0.379 e. The molecule has 334 valence electrons. The standard InChI is InChI=1S/C48H82N2O3.C4H11N/c1-3-5-7-9-11-13-15-17-19-21-23-25-27-29-31-36-40-52-45-47(43-50-48(51)44-49-42-46-38-34-33-35-39-46)53-41-37-32-30-28-26-24-22-20-18-16-14-12-10-8-6-4-2;1-2-3-4-5/h11-14,17-20,33-35,38-39,47,49H,3-10,15-16,21-32,36-37,40-45H2,1-2H3,(H,50,51);2-5H2,1H3/b13-11-,14-12-,19-17-,20-18-;. The predicted molar refractivity (Wildman–Crippen MR) is 254 cm³/mol. The molecule has 0 heterocycles. The first-order valence-electron chi connectivity index (χ1n) is 24.2. The van der Waals surface area contributed by atoms with Crippen molar-refractivity contribution in [2.45, 2.75) is 200 Å². The van der Waals surface area contributed by atoms with E-state index in [-0.39, 0.29) is 12.0 Å². The van der Waals surface area contributed by atoms with Crippen LogP contribution in [-0.4, -0.2) is 51.5 Å². The van der Waals surface area contributed by atoms with Crippen LogP contribution >= 0.6 is 0 Å². The number of nitrogens with two attached hydrogens (primary N) is 1. The number of unbranched alkanes of at least 4 members (excludes halogenated alkanes) is 19. The Hall–Kier alpha value is -2.51. The molecule has 1 atom stereocenters. The van der Waals surface area contributed by atoms with Gasteiger partial charge in [0.25, 0.3) is 0 Å². The maximum atomic E-state index is 12.5. The Kier molecular flexibility index (Phi) is 46.7. The average molecular weight is 808 g/mol. The van der Waals surface area contributed by atoms with Crippen LogP contribution in [0.5, 0.6) is 0 Å². The van der Waals surface area contributed by atoms with Crippen molar-refractivity contribution in [1.82, 2.24) is 10.6 Å². The lowest BCUT2D eigenvalue weighted by Gasteiger charge is -2.19. The topological polar surface area (TPSA) is 85.6 Å². The number of benzene rings is 1. The number of allylic oxidation sites excluding steroid dienone is 8. The van der Waals surface area contributed by atoms with Crippen LogP contribution in [0.2, 0.25) is 0 Å². The van der Waals surface area contributed by atoms with E-state index in [2.05, 4.69) is 92.1 Å². The third kappa shape index (κ3) is 44.6. The number of ether oxygens (including phenoxy) is 2. The molecule has 0 saturated carbocycles. The molecule has 4 N–H and O–H groups in total. The van der Waals surface area contributed by atoms with Gasteiger partial charge in [0, 0.05) is 26.3 Å². The second kappa shape index (κ2) is 48.9. The maximum Gasteiger partial charge on any atom is 0.234 e. The van der Waals surface area contributed by atoms with Gasteiger partial charge in [-0.25, -0.2) is 0 Å². The van der Waals surface area contributed by atoms with E-state index < -0.39 is 0 Å². The van der Waals surface area contributed by atoms with Gasteiger partial charge in [0.2, 0.25) is 5.91 Å². The molecule has 0 aromatic heterocycles. The molecule has 1 unspecified atom stereocenters. The molecule has 0 aliphatic carbocycles. The van der Waals surface area contributed by atoms with Gasteiger partial charge < -0.3 is 25.8 Å². The molecule has 1 aromatic rings. The third-order valence-corrected chi connectivity index (χ3v) is 10.0. The van der Waals surface area contributed by atoms with Gasteiger partial charge >= 0.3 is 0 Å². The van der Waals surface area contributed by atoms with Gasteiger partial charge in [-0.05, 0) is 95.6 Å². The molecule has 0 saturated heterocycles. The summed E-state index contributed by atoms with van der Waals surface area (Å²) in [7, 11) is 0. The van der Waals surface area contributed by atoms with E-state index in [1.165, 1.54) is 147 Å². The second-order valence-corrected chi connectivity index (χ2v) is 15.8. The van der Waals surface area contributed by atoms with Crippen LogP contribution in [-0.2, 0) is 20.8 Å². The molecule has 0 aliphatic heterocycles. The summed E-state index contributed by atoms with van der Waals surface area (Å²) in [5.74, 6) is -0.00613. The van der Waals surface area contributed by atoms with Crippen molar-refractivity contribution < 1.29 is 14.3 Å². The summed E-state index contributed by atoms with van der Waals surface area (Å²) in [6.07, 6.45) is 50.6. The van der Waals surface area contributed by atoms with Crippen LogP contribution in [0.15, 0.2) is 78.9 Å². The molecule has 0 bridgehead atoms. The van der Waals surface area contributed by atoms with E-state index >= 15 is 0 Å². The Morgan fingerprint density at radius 3 is 1.53 bits per heavy atom. The van der Waals surface area contributed by atoms with Crippen LogP contribution in [0.25, 0.3) is 0 Å². The van der Waals surface area contributed by atoms with E-state index in [0.29, 0.717) is 26.2 Å². The summed E-state index contributed by atoms with van der Waals surface area (Å²) >= 11 is 0. The summed E-state index contributed by atoms with van der Waals surface area (Å²) in [6, 6.07) is 10.2. The Morgan fingerprint density at radius 2 is 1.05 bits per heavy atom. The zero-order valence-corrected chi connectivity index (χ0v) is 38.2. The molecule has 0 fully saturated rings. The lowest BCUT2D eigenvalue weighted by molar-refractivity contribution is -0.121. The Bertz CT molecular complexity index is 1070. The van der Waals surface area contributed by atoms with Crippen molar-refractivity contribution in [3.8, 4) is 0 Å². The molecule has 1 rings (SSSR count). The normalized spacial score (nSPS) is 12.3. The van der Waals surface area contributed by atoms with E-state index in [1.807, 2.05) is 18.2 Å². The van der Waals surface area contributed by atoms with Gasteiger partial charge in [0.1, 0.15) is 0 Å². The molecule has 0 spiro atoms. The van der Waals surface area contributed by atoms with E-state index in [0.717, 1.165) is 45.4 Å². The van der Waals surface area contributed by atoms with Gasteiger partial charge in [0.05, 0.1) is 19.3 Å². The van der Waals surface area contributed by atoms with E-state index in [9.17, 15) is 4.79 Å². The van der Waals surface area contributed by atoms with Crippen LogP contribution in [0, 0.1) is 0 Å². The summed E-state index contributed by atoms with van der Waals surface area (Å²) in [5.41, 5.74) is 6.31. The van der Waals surface area contributed by atoms with Crippen molar-refractivity contribution in [3.63, 3.8) is 0 Å². The zero-order chi connectivity index (χ0) is 42.1. The highest BCUT2D eigenvalue weighted by molar-refractivity contribution is 5.78. The molecular formula is C52H93N3O3. The molecule has 6 heteroatoms. The Balaban J connectivity index is 0.00000609. The average Bonchev–Trinajstić information content (AvgIpc) is 3.24. The SMILES string of the molecule is CCCCC/C=C\C/C=C\CCCCCCCCOCC(CNC(=O)CNCc1ccccc1)OCCCCCCCC/C=C\C/C=C\CCCCC.CCCCN. The van der Waals surface area contributed by atoms with Gasteiger partial charge in [-0.2, -0.15) is 0 Å². The van der Waals surface area contributed by atoms with Gasteiger partial charge in [0.15, 0.2) is 0 Å². The number of amides is 1. The molecule has 6 nitrogen and oxygen atoms in total. The highest BCUT2D eigenvalue weighted by Gasteiger charge is 2.12. The van der Waals surface area contributed by atoms with Crippen molar-refractivity contribution in [1.29, 1.82) is 0 Å². The minimum absolute atomic E-state index is 0.00613. The fraction of sp³-hybridized carbons (Fsp3) is 0.712. The van der Waals surface area contributed by atoms with Crippen LogP contribution < -0.4 is 16.4 Å². The first-order valence-corrected chi connectivity index (χ1v) is 24.2. The third-order valence-electron chi connectivity index (χ3n) is 10.0. The first kappa shape index (κ1) is 55.5. The number of rotatable bonds is 41. The number of nitrogens with one attached hydrogen (secondary N) is 2. The van der Waals surface area contributed by atoms with Crippen LogP contribution in [0.1, 0.15) is 193 Å². The highest BCUT2D eigenvalue weighted by Crippen LogP contribution is 2.11. The van der Waals surface area contributed by atoms with Crippen LogP contribution in [0.4, 0.5) is 0 Å². The van der Waals surface area contributed by atoms with E-state index in [4.69, 9.17) is 15.2 Å². The Labute approximate surface area is 359 Å². The summed E-state index contributed by atoms with van der Waals surface area (Å²) in [6.45, 7) is 10.9. The maximum absolute atomic E-state index is 12.5. The Morgan fingerprint density at radius 1 is 0.586 bits per heavy atom. The number of carbonyl (C=O) groups excluding carboxylic acids is 1. The lowest BCUT2D eigenvalue weighted by Crippen LogP contribution is -2.40. The summed E-state index contributed by atoms with van der Waals surface area (Å²) in [4.78, 5) is 12.5. The minimum atomic E-state index is -0.115. The number of hydrogen-bond acceptors (Lipinski definition) is 5. The highest BCUT2D eigenvalue weighted by atomic mass is 16.5. The smallest absolute Gasteiger partial charge is 0.234 e. The van der Waals surface area contributed by atoms with Crippen molar-refractivity contribution in [2.24, 2.45) is 5.73 Å². The summed E-state index contributed by atoms with van der Waals surface area (Å²) in [5, 5.41) is 6.30. The molecule has 58 heavy (non-hydrogen) atoms. The molecule has 0 aliphatic rings. The fourth-order valence-electron chi connectivity index (χ4n) is 6.32. The van der Waals surface area contributed by atoms with Crippen LogP contribution in [0.3, 0.4) is 0 Å². The summed E-state index contributed by atoms with van der Waals surface area (Å²) < 4.78 is 12.3. The molecular weight excluding hydrogens is 715 g/mol. The lowest BCUT2D eigenvalue weighted by atomic mass is 10.1. The molecule has 1 amide bonds. The predicted octanol–water partition coefficient (Wildman–Crippen LogP) is 13.7. The number of carbonyl (C=O) groups is 1. The fourth-order valence-corrected chi connectivity index (χ4v) is 6.32. The van der Waals surface area contributed by atoms with Crippen molar-refractivity contribution in [2.75, 3.05) is 39.5 Å². The quantitative estimate of drug-likeness (QED) is 0.0453. The van der Waals surface area contributed by atoms with Gasteiger partial charge in [-0.3, -0.25) is 4.79 Å². The zero-order valence-electron chi connectivity index (χ0n) is 38.2. The van der Waals surface area contributed by atoms with Gasteiger partial charge in [-0.1, -0.05) is 183 Å². The second-order valence-electron chi connectivity index (χ2n) is 15.8. The monoisotopic (exact) mass is 808 g/mol. The van der Waals surface area contributed by atoms with E-state index in [1.54, 1.807) is 0 Å². The van der Waals surface area contributed by atoms with Crippen molar-refractivity contribution >= 4 is 5.91 Å². The largest absolute Gasteiger partial charge is 0.379 e. The number of hydrogen-bond donors (Lipinski definition) is 3. The van der Waals surface area contributed by atoms with Gasteiger partial charge in [-0.15, -0.1) is 0 Å². The molecule has 1 aromatic carbocycles. The first-order chi connectivity index (χ1) is 28.7.